The molecule has 0 atom stereocenters. The molecular formula is C23H18ClN7O2S. The van der Waals surface area contributed by atoms with Crippen LogP contribution in [0.4, 0.5) is 17.3 Å². The molecule has 2 aromatic carbocycles. The van der Waals surface area contributed by atoms with Gasteiger partial charge < -0.3 is 5.32 Å². The lowest BCUT2D eigenvalue weighted by Gasteiger charge is -2.10. The Hall–Kier alpha value is -4.02. The van der Waals surface area contributed by atoms with Crippen molar-refractivity contribution in [2.24, 2.45) is 0 Å². The average molecular weight is 492 g/mol. The Kier molecular flexibility index (Phi) is 5.83. The maximum Gasteiger partial charge on any atom is 0.261 e. The molecular weight excluding hydrogens is 474 g/mol. The van der Waals surface area contributed by atoms with Gasteiger partial charge in [0, 0.05) is 29.3 Å². The molecule has 0 aliphatic carbocycles. The molecule has 0 saturated carbocycles. The first-order valence-electron chi connectivity index (χ1n) is 10.2. The van der Waals surface area contributed by atoms with Crippen molar-refractivity contribution < 1.29 is 8.42 Å². The first kappa shape index (κ1) is 21.8. The molecule has 11 heteroatoms. The normalized spacial score (nSPS) is 11.4. The second-order valence-electron chi connectivity index (χ2n) is 7.40. The summed E-state index contributed by atoms with van der Waals surface area (Å²) in [6.07, 6.45) is 6.90. The third kappa shape index (κ3) is 4.82. The van der Waals surface area contributed by atoms with Crippen LogP contribution in [-0.4, -0.2) is 33.2 Å². The second-order valence-corrected chi connectivity index (χ2v) is 9.52. The Morgan fingerprint density at radius 1 is 0.941 bits per heavy atom. The highest BCUT2D eigenvalue weighted by Gasteiger charge is 2.15. The lowest BCUT2D eigenvalue weighted by molar-refractivity contribution is 0.601. The van der Waals surface area contributed by atoms with Gasteiger partial charge >= 0.3 is 0 Å². The van der Waals surface area contributed by atoms with E-state index in [1.165, 1.54) is 12.1 Å². The molecule has 0 aliphatic rings. The van der Waals surface area contributed by atoms with E-state index in [1.54, 1.807) is 65.9 Å². The summed E-state index contributed by atoms with van der Waals surface area (Å²) in [6.45, 7) is 0.528. The molecule has 0 fully saturated rings. The van der Waals surface area contributed by atoms with Crippen LogP contribution in [0.3, 0.4) is 0 Å². The number of halogens is 1. The van der Waals surface area contributed by atoms with E-state index < -0.39 is 10.0 Å². The number of nitrogens with zero attached hydrogens (tertiary/aromatic N) is 5. The highest BCUT2D eigenvalue weighted by molar-refractivity contribution is 7.92. The number of benzene rings is 2. The van der Waals surface area contributed by atoms with Crippen LogP contribution in [-0.2, 0) is 16.6 Å². The Labute approximate surface area is 200 Å². The summed E-state index contributed by atoms with van der Waals surface area (Å²) < 4.78 is 29.6. The number of hydrogen-bond donors (Lipinski definition) is 2. The highest BCUT2D eigenvalue weighted by atomic mass is 35.5. The molecule has 9 nitrogen and oxygen atoms in total. The predicted octanol–water partition coefficient (Wildman–Crippen LogP) is 4.47. The Morgan fingerprint density at radius 3 is 2.56 bits per heavy atom. The molecule has 0 unspecified atom stereocenters. The van der Waals surface area contributed by atoms with E-state index >= 15 is 0 Å². The summed E-state index contributed by atoms with van der Waals surface area (Å²) in [5.74, 6) is 0.369. The minimum absolute atomic E-state index is 0.115. The number of rotatable bonds is 7. The number of nitrogens with one attached hydrogen (secondary N) is 2. The van der Waals surface area contributed by atoms with E-state index in [9.17, 15) is 8.42 Å². The van der Waals surface area contributed by atoms with Crippen molar-refractivity contribution in [3.05, 3.63) is 96.0 Å². The van der Waals surface area contributed by atoms with Crippen LogP contribution < -0.4 is 10.0 Å². The van der Waals surface area contributed by atoms with Gasteiger partial charge in [0.05, 0.1) is 28.7 Å². The minimum Gasteiger partial charge on any atom is -0.324 e. The van der Waals surface area contributed by atoms with Crippen LogP contribution in [0.2, 0.25) is 5.02 Å². The minimum atomic E-state index is -3.76. The lowest BCUT2D eigenvalue weighted by atomic mass is 10.3. The van der Waals surface area contributed by atoms with Gasteiger partial charge in [-0.1, -0.05) is 23.7 Å². The highest BCUT2D eigenvalue weighted by Crippen LogP contribution is 2.22. The van der Waals surface area contributed by atoms with E-state index in [1.807, 2.05) is 12.1 Å². The zero-order valence-electron chi connectivity index (χ0n) is 17.6. The van der Waals surface area contributed by atoms with Crippen LogP contribution in [0, 0.1) is 0 Å². The standard InChI is InChI=1S/C23H18ClN7O2S/c24-18-4-1-5-20(11-18)30-34(32,33)21-8-6-19(7-9-21)28-23-26-13-17-14-27-31(22(17)29-23)15-16-3-2-10-25-12-16/h1-14,30H,15H2,(H,26,28,29). The van der Waals surface area contributed by atoms with Crippen LogP contribution in [0.5, 0.6) is 0 Å². The van der Waals surface area contributed by atoms with Gasteiger partial charge in [-0.2, -0.15) is 10.1 Å². The van der Waals surface area contributed by atoms with Gasteiger partial charge in [0.1, 0.15) is 0 Å². The van der Waals surface area contributed by atoms with Crippen molar-refractivity contribution in [3.8, 4) is 0 Å². The Balaban J connectivity index is 1.33. The zero-order chi connectivity index (χ0) is 23.5. The van der Waals surface area contributed by atoms with E-state index in [0.717, 1.165) is 10.9 Å². The van der Waals surface area contributed by atoms with Gasteiger partial charge in [0.2, 0.25) is 5.95 Å². The van der Waals surface area contributed by atoms with E-state index in [2.05, 4.69) is 30.1 Å². The molecule has 5 rings (SSSR count). The Morgan fingerprint density at radius 2 is 1.79 bits per heavy atom. The summed E-state index contributed by atoms with van der Waals surface area (Å²) in [5, 5.41) is 8.75. The maximum absolute atomic E-state index is 12.7. The summed E-state index contributed by atoms with van der Waals surface area (Å²) >= 11 is 5.93. The maximum atomic E-state index is 12.7. The topological polar surface area (TPSA) is 115 Å². The molecule has 3 heterocycles. The molecule has 0 spiro atoms. The molecule has 34 heavy (non-hydrogen) atoms. The number of anilines is 3. The van der Waals surface area contributed by atoms with E-state index in [4.69, 9.17) is 11.6 Å². The predicted molar refractivity (Wildman–Crippen MR) is 131 cm³/mol. The largest absolute Gasteiger partial charge is 0.324 e. The number of hydrogen-bond acceptors (Lipinski definition) is 7. The second kappa shape index (κ2) is 9.08. The number of fused-ring (bicyclic) bond motifs is 1. The fraction of sp³-hybridized carbons (Fsp3) is 0.0435. The molecule has 0 amide bonds. The quantitative estimate of drug-likeness (QED) is 0.345. The fourth-order valence-electron chi connectivity index (χ4n) is 3.32. The molecule has 170 valence electrons. The van der Waals surface area contributed by atoms with Gasteiger partial charge in [-0.15, -0.1) is 0 Å². The average Bonchev–Trinajstić information content (AvgIpc) is 3.22. The molecule has 3 aromatic heterocycles. The van der Waals surface area contributed by atoms with Crippen LogP contribution in [0.1, 0.15) is 5.56 Å². The van der Waals surface area contributed by atoms with Crippen molar-refractivity contribution in [2.45, 2.75) is 11.4 Å². The molecule has 0 bridgehead atoms. The van der Waals surface area contributed by atoms with Gasteiger partial charge in [-0.05, 0) is 54.1 Å². The van der Waals surface area contributed by atoms with Gasteiger partial charge in [0.25, 0.3) is 10.0 Å². The molecule has 0 aliphatic heterocycles. The molecule has 2 N–H and O–H groups in total. The number of aromatic nitrogens is 5. The summed E-state index contributed by atoms with van der Waals surface area (Å²) in [5.41, 5.74) is 2.70. The Bertz CT molecular complexity index is 1560. The smallest absolute Gasteiger partial charge is 0.261 e. The third-order valence-electron chi connectivity index (χ3n) is 4.93. The van der Waals surface area contributed by atoms with Crippen molar-refractivity contribution >= 4 is 50.0 Å². The zero-order valence-corrected chi connectivity index (χ0v) is 19.2. The number of sulfonamides is 1. The van der Waals surface area contributed by atoms with Gasteiger partial charge in [-0.3, -0.25) is 9.71 Å². The van der Waals surface area contributed by atoms with Crippen LogP contribution >= 0.6 is 11.6 Å². The lowest BCUT2D eigenvalue weighted by Crippen LogP contribution is -2.12. The van der Waals surface area contributed by atoms with Gasteiger partial charge in [-0.25, -0.2) is 18.1 Å². The summed E-state index contributed by atoms with van der Waals surface area (Å²) in [4.78, 5) is 13.1. The van der Waals surface area contributed by atoms with Crippen molar-refractivity contribution in [1.29, 1.82) is 0 Å². The number of pyridine rings is 1. The third-order valence-corrected chi connectivity index (χ3v) is 6.56. The SMILES string of the molecule is O=S(=O)(Nc1cccc(Cl)c1)c1ccc(Nc2ncc3cnn(Cc4cccnc4)c3n2)cc1. The van der Waals surface area contributed by atoms with Crippen LogP contribution in [0.25, 0.3) is 11.0 Å². The van der Waals surface area contributed by atoms with Crippen LogP contribution in [0.15, 0.2) is 90.3 Å². The van der Waals surface area contributed by atoms with Gasteiger partial charge in [0.15, 0.2) is 5.65 Å². The van der Waals surface area contributed by atoms with Crippen molar-refractivity contribution in [3.63, 3.8) is 0 Å². The fourth-order valence-corrected chi connectivity index (χ4v) is 4.56. The first-order chi connectivity index (χ1) is 16.5. The molecule has 0 saturated heterocycles. The van der Waals surface area contributed by atoms with E-state index in [-0.39, 0.29) is 4.90 Å². The molecule has 5 aromatic rings. The summed E-state index contributed by atoms with van der Waals surface area (Å²) in [7, 11) is -3.76. The van der Waals surface area contributed by atoms with Crippen molar-refractivity contribution in [1.82, 2.24) is 24.7 Å². The molecule has 0 radical (unpaired) electrons. The first-order valence-corrected chi connectivity index (χ1v) is 12.1. The van der Waals surface area contributed by atoms with E-state index in [0.29, 0.717) is 34.5 Å². The monoisotopic (exact) mass is 491 g/mol. The van der Waals surface area contributed by atoms with Crippen molar-refractivity contribution in [2.75, 3.05) is 10.0 Å². The summed E-state index contributed by atoms with van der Waals surface area (Å²) in [6, 6.07) is 16.7.